The Bertz CT molecular complexity index is 861. The number of anilines is 1. The van der Waals surface area contributed by atoms with Gasteiger partial charge in [-0.05, 0) is 43.4 Å². The molecule has 0 saturated carbocycles. The molecule has 1 aromatic carbocycles. The Morgan fingerprint density at radius 2 is 1.79 bits per heavy atom. The second kappa shape index (κ2) is 9.18. The molecule has 0 spiro atoms. The van der Waals surface area contributed by atoms with E-state index < -0.39 is 0 Å². The number of carbonyl (C=O) groups excluding carboxylic acids is 1. The van der Waals surface area contributed by atoms with Gasteiger partial charge in [-0.1, -0.05) is 33.6 Å². The lowest BCUT2D eigenvalue weighted by Crippen LogP contribution is -2.11. The summed E-state index contributed by atoms with van der Waals surface area (Å²) in [6, 6.07) is 3.96. The second-order valence-electron chi connectivity index (χ2n) is 7.29. The number of unbranched alkanes of at least 4 members (excludes halogenated alkanes) is 2. The maximum Gasteiger partial charge on any atom is 0.163 e. The van der Waals surface area contributed by atoms with E-state index >= 15 is 0 Å². The first kappa shape index (κ1) is 20.3. The van der Waals surface area contributed by atoms with Gasteiger partial charge in [-0.15, -0.1) is 0 Å². The molecule has 0 atom stereocenters. The molecule has 28 heavy (non-hydrogen) atoms. The van der Waals surface area contributed by atoms with Crippen LogP contribution in [0, 0.1) is 0 Å². The van der Waals surface area contributed by atoms with Gasteiger partial charge in [0, 0.05) is 24.1 Å². The van der Waals surface area contributed by atoms with Gasteiger partial charge >= 0.3 is 0 Å². The Morgan fingerprint density at radius 1 is 1.00 bits per heavy atom. The lowest BCUT2D eigenvalue weighted by molar-refractivity contribution is 0.0994. The molecule has 1 aromatic heterocycles. The van der Waals surface area contributed by atoms with Gasteiger partial charge in [-0.3, -0.25) is 4.79 Å². The van der Waals surface area contributed by atoms with Crippen molar-refractivity contribution in [3.63, 3.8) is 0 Å². The summed E-state index contributed by atoms with van der Waals surface area (Å²) >= 11 is 0. The quantitative estimate of drug-likeness (QED) is 0.619. The van der Waals surface area contributed by atoms with E-state index in [1.165, 1.54) is 12.8 Å². The molecule has 0 radical (unpaired) electrons. The highest BCUT2D eigenvalue weighted by Crippen LogP contribution is 2.37. The summed E-state index contributed by atoms with van der Waals surface area (Å²) in [5.41, 5.74) is 5.62. The molecule has 150 valence electrons. The van der Waals surface area contributed by atoms with Crippen molar-refractivity contribution in [1.82, 2.24) is 9.97 Å². The smallest absolute Gasteiger partial charge is 0.163 e. The third kappa shape index (κ3) is 4.03. The molecule has 0 aliphatic heterocycles. The second-order valence-corrected chi connectivity index (χ2v) is 7.29. The molecule has 0 fully saturated rings. The van der Waals surface area contributed by atoms with Crippen molar-refractivity contribution in [3.8, 4) is 17.0 Å². The number of hydrogen-bond donors (Lipinski definition) is 1. The average Bonchev–Trinajstić information content (AvgIpc) is 3.09. The van der Waals surface area contributed by atoms with Gasteiger partial charge in [0.15, 0.2) is 5.78 Å². The van der Waals surface area contributed by atoms with Crippen molar-refractivity contribution in [2.45, 2.75) is 65.7 Å². The van der Waals surface area contributed by atoms with Crippen molar-refractivity contribution in [3.05, 3.63) is 34.6 Å². The highest BCUT2D eigenvalue weighted by atomic mass is 16.5. The number of fused-ring (bicyclic) bond motifs is 1. The van der Waals surface area contributed by atoms with E-state index in [4.69, 9.17) is 14.7 Å². The molecule has 1 heterocycles. The third-order valence-corrected chi connectivity index (χ3v) is 5.39. The summed E-state index contributed by atoms with van der Waals surface area (Å²) in [6.45, 7) is 7.33. The molecular weight excluding hydrogens is 350 g/mol. The molecular formula is C23H31N3O2. The Hall–Kier alpha value is -2.43. The van der Waals surface area contributed by atoms with E-state index in [0.29, 0.717) is 12.2 Å². The van der Waals surface area contributed by atoms with Crippen LogP contribution in [0.2, 0.25) is 0 Å². The first-order valence-corrected chi connectivity index (χ1v) is 10.5. The zero-order valence-corrected chi connectivity index (χ0v) is 17.5. The van der Waals surface area contributed by atoms with Crippen LogP contribution < -0.4 is 10.1 Å². The number of Topliss-reactive ketones (excluding diaryl/α,β-unsaturated/α-hetero) is 1. The van der Waals surface area contributed by atoms with E-state index in [2.05, 4.69) is 32.2 Å². The molecule has 0 bridgehead atoms. The zero-order chi connectivity index (χ0) is 20.1. The number of carbonyl (C=O) groups is 1. The fourth-order valence-corrected chi connectivity index (χ4v) is 3.76. The molecule has 2 aromatic rings. The molecule has 0 unspecified atom stereocenters. The van der Waals surface area contributed by atoms with Crippen molar-refractivity contribution < 1.29 is 9.53 Å². The van der Waals surface area contributed by atoms with Crippen LogP contribution in [0.4, 0.5) is 5.82 Å². The topological polar surface area (TPSA) is 64.1 Å². The predicted octanol–water partition coefficient (Wildman–Crippen LogP) is 5.01. The molecule has 5 heteroatoms. The normalized spacial score (nSPS) is 12.9. The number of hydrogen-bond acceptors (Lipinski definition) is 5. The number of ketones is 1. The van der Waals surface area contributed by atoms with E-state index in [1.54, 1.807) is 7.11 Å². The molecule has 5 nitrogen and oxygen atoms in total. The van der Waals surface area contributed by atoms with Crippen LogP contribution in [0.25, 0.3) is 11.3 Å². The van der Waals surface area contributed by atoms with Crippen LogP contribution in [-0.4, -0.2) is 29.4 Å². The van der Waals surface area contributed by atoms with Gasteiger partial charge in [0.25, 0.3) is 0 Å². The van der Waals surface area contributed by atoms with E-state index in [0.717, 1.165) is 71.8 Å². The lowest BCUT2D eigenvalue weighted by atomic mass is 10.00. The molecule has 0 saturated heterocycles. The van der Waals surface area contributed by atoms with Gasteiger partial charge in [0.2, 0.25) is 0 Å². The third-order valence-electron chi connectivity index (χ3n) is 5.39. The van der Waals surface area contributed by atoms with Crippen molar-refractivity contribution in [2.75, 3.05) is 19.0 Å². The molecule has 0 amide bonds. The van der Waals surface area contributed by atoms with Crippen LogP contribution in [0.3, 0.4) is 0 Å². The van der Waals surface area contributed by atoms with Crippen LogP contribution in [0.15, 0.2) is 12.1 Å². The number of aromatic nitrogens is 2. The van der Waals surface area contributed by atoms with Crippen molar-refractivity contribution in [2.24, 2.45) is 0 Å². The number of rotatable bonds is 9. The summed E-state index contributed by atoms with van der Waals surface area (Å²) in [7, 11) is 1.65. The fourth-order valence-electron chi connectivity index (χ4n) is 3.76. The van der Waals surface area contributed by atoms with Crippen molar-refractivity contribution >= 4 is 11.6 Å². The molecule has 1 aliphatic rings. The van der Waals surface area contributed by atoms with E-state index in [9.17, 15) is 4.79 Å². The molecule has 1 N–H and O–H groups in total. The van der Waals surface area contributed by atoms with Crippen LogP contribution in [0.5, 0.6) is 5.75 Å². The van der Waals surface area contributed by atoms with Crippen LogP contribution >= 0.6 is 0 Å². The van der Waals surface area contributed by atoms with E-state index in [-0.39, 0.29) is 5.78 Å². The van der Waals surface area contributed by atoms with Crippen LogP contribution in [-0.2, 0) is 19.3 Å². The highest BCUT2D eigenvalue weighted by molar-refractivity contribution is 6.01. The van der Waals surface area contributed by atoms with Gasteiger partial charge in [-0.25, -0.2) is 9.97 Å². The average molecular weight is 382 g/mol. The maximum absolute atomic E-state index is 12.1. The van der Waals surface area contributed by atoms with Crippen molar-refractivity contribution in [1.29, 1.82) is 0 Å². The van der Waals surface area contributed by atoms with E-state index in [1.807, 2.05) is 6.07 Å². The van der Waals surface area contributed by atoms with Gasteiger partial charge < -0.3 is 10.1 Å². The number of methoxy groups -OCH3 is 1. The highest BCUT2D eigenvalue weighted by Gasteiger charge is 2.24. The first-order chi connectivity index (χ1) is 13.6. The standard InChI is InChI=1S/C23H31N3O2/c1-5-8-9-12-24-23-19(7-3)25-22(18(6-2)26-23)17-13-15-10-11-20(27)16(15)14-21(17)28-4/h13-14H,5-12H2,1-4H3,(H,24,26). The molecule has 1 aliphatic carbocycles. The van der Waals surface area contributed by atoms with Gasteiger partial charge in [-0.2, -0.15) is 0 Å². The minimum absolute atomic E-state index is 0.197. The number of benzene rings is 1. The number of nitrogens with zero attached hydrogens (tertiary/aromatic N) is 2. The summed E-state index contributed by atoms with van der Waals surface area (Å²) in [5, 5.41) is 3.48. The van der Waals surface area contributed by atoms with Crippen LogP contribution in [0.1, 0.15) is 73.8 Å². The summed E-state index contributed by atoms with van der Waals surface area (Å²) in [5.74, 6) is 1.79. The predicted molar refractivity (Wildman–Crippen MR) is 113 cm³/mol. The number of aryl methyl sites for hydroxylation is 3. The monoisotopic (exact) mass is 381 g/mol. The fraction of sp³-hybridized carbons (Fsp3) is 0.522. The SMILES string of the molecule is CCCCCNc1nc(CC)c(-c2cc3c(cc2OC)C(=O)CC3)nc1CC. The Labute approximate surface area is 167 Å². The Kier molecular flexibility index (Phi) is 6.65. The lowest BCUT2D eigenvalue weighted by Gasteiger charge is -2.17. The zero-order valence-electron chi connectivity index (χ0n) is 17.5. The Balaban J connectivity index is 2.03. The Morgan fingerprint density at radius 3 is 2.46 bits per heavy atom. The minimum Gasteiger partial charge on any atom is -0.496 e. The van der Waals surface area contributed by atoms with Gasteiger partial charge in [0.1, 0.15) is 11.6 Å². The minimum atomic E-state index is 0.197. The first-order valence-electron chi connectivity index (χ1n) is 10.5. The summed E-state index contributed by atoms with van der Waals surface area (Å²) < 4.78 is 5.63. The van der Waals surface area contributed by atoms with Gasteiger partial charge in [0.05, 0.1) is 24.2 Å². The molecule has 3 rings (SSSR count). The number of ether oxygens (including phenoxy) is 1. The largest absolute Gasteiger partial charge is 0.496 e. The number of nitrogens with one attached hydrogen (secondary N) is 1. The summed E-state index contributed by atoms with van der Waals surface area (Å²) in [6.07, 6.45) is 6.52. The summed E-state index contributed by atoms with van der Waals surface area (Å²) in [4.78, 5) is 22.0. The maximum atomic E-state index is 12.1.